The Balaban J connectivity index is 1.47. The van der Waals surface area contributed by atoms with Gasteiger partial charge in [0.05, 0.1) is 11.3 Å². The van der Waals surface area contributed by atoms with Crippen LogP contribution in [-0.4, -0.2) is 28.2 Å². The number of hydrogen-bond acceptors (Lipinski definition) is 4. The van der Waals surface area contributed by atoms with Gasteiger partial charge in [-0.3, -0.25) is 20.4 Å². The second kappa shape index (κ2) is 9.57. The lowest BCUT2D eigenvalue weighted by molar-refractivity contribution is -0.123. The first-order valence-electron chi connectivity index (χ1n) is 9.78. The molecule has 0 atom stereocenters. The van der Waals surface area contributed by atoms with E-state index in [0.29, 0.717) is 5.69 Å². The number of aromatic nitrogens is 2. The Morgan fingerprint density at radius 3 is 2.34 bits per heavy atom. The van der Waals surface area contributed by atoms with Gasteiger partial charge in [0.25, 0.3) is 11.8 Å². The second-order valence-corrected chi connectivity index (χ2v) is 6.79. The van der Waals surface area contributed by atoms with E-state index in [1.54, 1.807) is 10.9 Å². The van der Waals surface area contributed by atoms with Crippen LogP contribution in [0.25, 0.3) is 16.9 Å². The van der Waals surface area contributed by atoms with E-state index in [4.69, 9.17) is 4.74 Å². The molecule has 0 radical (unpaired) electrons. The molecule has 1 heterocycles. The van der Waals surface area contributed by atoms with E-state index in [0.717, 1.165) is 17.3 Å². The molecule has 0 saturated carbocycles. The van der Waals surface area contributed by atoms with Gasteiger partial charge in [0, 0.05) is 17.8 Å². The van der Waals surface area contributed by atoms with Crippen LogP contribution in [0.2, 0.25) is 0 Å². The van der Waals surface area contributed by atoms with Crippen molar-refractivity contribution in [2.45, 2.75) is 0 Å². The summed E-state index contributed by atoms with van der Waals surface area (Å²) < 4.78 is 20.0. The highest BCUT2D eigenvalue weighted by Gasteiger charge is 2.19. The molecule has 0 aliphatic heterocycles. The van der Waals surface area contributed by atoms with E-state index in [1.807, 2.05) is 60.7 Å². The lowest BCUT2D eigenvalue weighted by atomic mass is 10.1. The van der Waals surface area contributed by atoms with Crippen LogP contribution >= 0.6 is 0 Å². The predicted octanol–water partition coefficient (Wildman–Crippen LogP) is 3.52. The molecule has 1 aromatic heterocycles. The van der Waals surface area contributed by atoms with Gasteiger partial charge in [-0.05, 0) is 24.3 Å². The number of nitrogens with one attached hydrogen (secondary N) is 2. The number of carbonyl (C=O) groups is 2. The van der Waals surface area contributed by atoms with Crippen molar-refractivity contribution in [2.75, 3.05) is 6.61 Å². The molecule has 0 fully saturated rings. The molecule has 0 bridgehead atoms. The third-order valence-corrected chi connectivity index (χ3v) is 4.51. The molecular formula is C24H19FN4O3. The summed E-state index contributed by atoms with van der Waals surface area (Å²) in [5.41, 5.74) is 6.97. The Labute approximate surface area is 183 Å². The number of carbonyl (C=O) groups excluding carboxylic acids is 2. The number of rotatable bonds is 6. The maximum absolute atomic E-state index is 13.2. The normalized spacial score (nSPS) is 10.4. The van der Waals surface area contributed by atoms with Gasteiger partial charge in [-0.1, -0.05) is 54.6 Å². The summed E-state index contributed by atoms with van der Waals surface area (Å²) in [6.07, 6.45) is 1.60. The van der Waals surface area contributed by atoms with Crippen LogP contribution in [0.4, 0.5) is 4.39 Å². The second-order valence-electron chi connectivity index (χ2n) is 6.79. The molecule has 2 N–H and O–H groups in total. The topological polar surface area (TPSA) is 85.3 Å². The van der Waals surface area contributed by atoms with Gasteiger partial charge in [0.2, 0.25) is 0 Å². The van der Waals surface area contributed by atoms with Gasteiger partial charge < -0.3 is 4.74 Å². The van der Waals surface area contributed by atoms with Crippen molar-refractivity contribution < 1.29 is 18.7 Å². The fourth-order valence-corrected chi connectivity index (χ4v) is 3.00. The molecule has 0 spiro atoms. The number of nitrogens with zero attached hydrogens (tertiary/aromatic N) is 2. The summed E-state index contributed by atoms with van der Waals surface area (Å²) in [4.78, 5) is 24.9. The lowest BCUT2D eigenvalue weighted by Gasteiger charge is -2.09. The minimum absolute atomic E-state index is 0.210. The van der Waals surface area contributed by atoms with Crippen molar-refractivity contribution in [3.63, 3.8) is 0 Å². The SMILES string of the molecule is O=C(COc1cccc(F)c1)NNC(=O)c1cn(-c2ccccc2)nc1-c1ccccc1. The summed E-state index contributed by atoms with van der Waals surface area (Å²) in [7, 11) is 0. The van der Waals surface area contributed by atoms with Crippen LogP contribution in [0.3, 0.4) is 0 Å². The molecule has 7 nitrogen and oxygen atoms in total. The molecule has 0 unspecified atom stereocenters. The minimum Gasteiger partial charge on any atom is -0.484 e. The molecule has 4 aromatic rings. The molecule has 160 valence electrons. The van der Waals surface area contributed by atoms with Crippen molar-refractivity contribution >= 4 is 11.8 Å². The first-order chi connectivity index (χ1) is 15.6. The predicted molar refractivity (Wildman–Crippen MR) is 117 cm³/mol. The van der Waals surface area contributed by atoms with Gasteiger partial charge in [0.15, 0.2) is 6.61 Å². The van der Waals surface area contributed by atoms with Crippen LogP contribution in [0.5, 0.6) is 5.75 Å². The van der Waals surface area contributed by atoms with E-state index in [1.165, 1.54) is 18.2 Å². The standard InChI is InChI=1S/C24H19FN4O3/c25-18-10-7-13-20(14-18)32-16-22(30)26-27-24(31)21-15-29(19-11-5-2-6-12-19)28-23(21)17-8-3-1-4-9-17/h1-15H,16H2,(H,26,30)(H,27,31). The van der Waals surface area contributed by atoms with Crippen LogP contribution < -0.4 is 15.6 Å². The van der Waals surface area contributed by atoms with E-state index in [-0.39, 0.29) is 11.3 Å². The van der Waals surface area contributed by atoms with Crippen molar-refractivity contribution in [3.8, 4) is 22.7 Å². The minimum atomic E-state index is -0.598. The smallest absolute Gasteiger partial charge is 0.276 e. The van der Waals surface area contributed by atoms with Crippen molar-refractivity contribution in [1.29, 1.82) is 0 Å². The molecule has 0 aliphatic rings. The zero-order valence-electron chi connectivity index (χ0n) is 16.9. The fraction of sp³-hybridized carbons (Fsp3) is 0.0417. The molecular weight excluding hydrogens is 411 g/mol. The summed E-state index contributed by atoms with van der Waals surface area (Å²) in [5, 5.41) is 4.57. The lowest BCUT2D eigenvalue weighted by Crippen LogP contribution is -2.43. The largest absolute Gasteiger partial charge is 0.484 e. The highest BCUT2D eigenvalue weighted by Crippen LogP contribution is 2.23. The summed E-state index contributed by atoms with van der Waals surface area (Å²) >= 11 is 0. The average molecular weight is 430 g/mol. The highest BCUT2D eigenvalue weighted by molar-refractivity contribution is 6.00. The van der Waals surface area contributed by atoms with E-state index >= 15 is 0 Å². The number of amides is 2. The number of hydrazine groups is 1. The van der Waals surface area contributed by atoms with E-state index in [2.05, 4.69) is 16.0 Å². The molecule has 8 heteroatoms. The van der Waals surface area contributed by atoms with Crippen LogP contribution in [-0.2, 0) is 4.79 Å². The molecule has 32 heavy (non-hydrogen) atoms. The first kappa shape index (κ1) is 20.8. The van der Waals surface area contributed by atoms with Crippen LogP contribution in [0.1, 0.15) is 10.4 Å². The average Bonchev–Trinajstić information content (AvgIpc) is 3.28. The van der Waals surface area contributed by atoms with Gasteiger partial charge in [-0.25, -0.2) is 9.07 Å². The Kier molecular flexibility index (Phi) is 6.22. The zero-order valence-corrected chi connectivity index (χ0v) is 16.9. The molecule has 4 rings (SSSR count). The number of para-hydroxylation sites is 1. The Morgan fingerprint density at radius 2 is 1.62 bits per heavy atom. The molecule has 0 aliphatic carbocycles. The monoisotopic (exact) mass is 430 g/mol. The molecule has 0 saturated heterocycles. The Hall–Kier alpha value is -4.46. The van der Waals surface area contributed by atoms with E-state index < -0.39 is 24.2 Å². The Bertz CT molecular complexity index is 1230. The number of hydrogen-bond donors (Lipinski definition) is 2. The maximum Gasteiger partial charge on any atom is 0.276 e. The van der Waals surface area contributed by atoms with Crippen LogP contribution in [0.15, 0.2) is 91.1 Å². The van der Waals surface area contributed by atoms with Crippen molar-refractivity contribution in [3.05, 3.63) is 103 Å². The molecule has 3 aromatic carbocycles. The summed E-state index contributed by atoms with van der Waals surface area (Å²) in [6.45, 7) is -0.390. The fourth-order valence-electron chi connectivity index (χ4n) is 3.00. The highest BCUT2D eigenvalue weighted by atomic mass is 19.1. The summed E-state index contributed by atoms with van der Waals surface area (Å²) in [5.74, 6) is -1.40. The summed E-state index contributed by atoms with van der Waals surface area (Å²) in [6, 6.07) is 24.1. The third kappa shape index (κ3) is 4.99. The van der Waals surface area contributed by atoms with Gasteiger partial charge in [-0.15, -0.1) is 0 Å². The van der Waals surface area contributed by atoms with Crippen molar-refractivity contribution in [2.24, 2.45) is 0 Å². The van der Waals surface area contributed by atoms with Crippen LogP contribution in [0, 0.1) is 5.82 Å². The van der Waals surface area contributed by atoms with Gasteiger partial charge >= 0.3 is 0 Å². The maximum atomic E-state index is 13.2. The Morgan fingerprint density at radius 1 is 0.906 bits per heavy atom. The number of benzene rings is 3. The first-order valence-corrected chi connectivity index (χ1v) is 9.78. The van der Waals surface area contributed by atoms with Gasteiger partial charge in [0.1, 0.15) is 17.3 Å². The van der Waals surface area contributed by atoms with Crippen molar-refractivity contribution in [1.82, 2.24) is 20.6 Å². The quantitative estimate of drug-likeness (QED) is 0.459. The number of halogens is 1. The van der Waals surface area contributed by atoms with Gasteiger partial charge in [-0.2, -0.15) is 5.10 Å². The third-order valence-electron chi connectivity index (χ3n) is 4.51. The number of ether oxygens (including phenoxy) is 1. The molecule has 2 amide bonds. The van der Waals surface area contributed by atoms with E-state index in [9.17, 15) is 14.0 Å². The zero-order chi connectivity index (χ0) is 22.3.